The van der Waals surface area contributed by atoms with Crippen LogP contribution in [0.1, 0.15) is 24.5 Å². The number of carbonyl (C=O) groups is 2. The van der Waals surface area contributed by atoms with Crippen LogP contribution >= 0.6 is 11.6 Å². The molecule has 0 unspecified atom stereocenters. The maximum Gasteiger partial charge on any atom is 0.242 e. The molecule has 0 aliphatic rings. The molecule has 2 amide bonds. The van der Waals surface area contributed by atoms with Crippen molar-refractivity contribution in [2.75, 3.05) is 13.6 Å². The van der Waals surface area contributed by atoms with E-state index in [1.54, 1.807) is 18.9 Å². The van der Waals surface area contributed by atoms with Crippen LogP contribution in [0.4, 0.5) is 0 Å². The number of amides is 2. The van der Waals surface area contributed by atoms with Crippen LogP contribution in [-0.4, -0.2) is 36.3 Å². The van der Waals surface area contributed by atoms with Crippen LogP contribution in [-0.2, 0) is 22.4 Å². The third-order valence-electron chi connectivity index (χ3n) is 4.46. The maximum absolute atomic E-state index is 12.8. The van der Waals surface area contributed by atoms with E-state index in [0.29, 0.717) is 30.8 Å². The molecular formula is C21H25ClN2O2. The summed E-state index contributed by atoms with van der Waals surface area (Å²) in [5.74, 6) is -0.207. The molecule has 0 aromatic heterocycles. The monoisotopic (exact) mass is 372 g/mol. The highest BCUT2D eigenvalue weighted by Crippen LogP contribution is 2.17. The molecule has 138 valence electrons. The van der Waals surface area contributed by atoms with E-state index in [-0.39, 0.29) is 11.8 Å². The Morgan fingerprint density at radius 2 is 1.69 bits per heavy atom. The van der Waals surface area contributed by atoms with Gasteiger partial charge in [0, 0.05) is 25.0 Å². The van der Waals surface area contributed by atoms with Crippen molar-refractivity contribution < 1.29 is 9.59 Å². The zero-order valence-corrected chi connectivity index (χ0v) is 16.0. The van der Waals surface area contributed by atoms with Crippen molar-refractivity contribution in [3.63, 3.8) is 0 Å². The highest BCUT2D eigenvalue weighted by Gasteiger charge is 2.24. The van der Waals surface area contributed by atoms with Gasteiger partial charge in [-0.05, 0) is 37.0 Å². The smallest absolute Gasteiger partial charge is 0.242 e. The van der Waals surface area contributed by atoms with E-state index < -0.39 is 6.04 Å². The lowest BCUT2D eigenvalue weighted by Crippen LogP contribution is -2.48. The summed E-state index contributed by atoms with van der Waals surface area (Å²) in [6.45, 7) is 2.26. The Bertz CT molecular complexity index is 734. The molecule has 0 aliphatic carbocycles. The van der Waals surface area contributed by atoms with Crippen LogP contribution in [0.5, 0.6) is 0 Å². The van der Waals surface area contributed by atoms with Gasteiger partial charge < -0.3 is 10.2 Å². The standard InChI is InChI=1S/C21H25ClN2O2/c1-16(21(26)23-2)24(15-14-17-8-4-3-5-9-17)20(25)13-12-18-10-6-7-11-19(18)22/h3-11,16H,12-15H2,1-2H3,(H,23,26)/t16-/m0/s1. The molecule has 0 spiro atoms. The van der Waals surface area contributed by atoms with Gasteiger partial charge in [0.25, 0.3) is 0 Å². The van der Waals surface area contributed by atoms with Gasteiger partial charge in [-0.2, -0.15) is 0 Å². The fraction of sp³-hybridized carbons (Fsp3) is 0.333. The Morgan fingerprint density at radius 1 is 1.04 bits per heavy atom. The van der Waals surface area contributed by atoms with Crippen LogP contribution in [0.25, 0.3) is 0 Å². The van der Waals surface area contributed by atoms with Gasteiger partial charge in [0.1, 0.15) is 6.04 Å². The van der Waals surface area contributed by atoms with E-state index >= 15 is 0 Å². The zero-order valence-electron chi connectivity index (χ0n) is 15.2. The Kier molecular flexibility index (Phi) is 7.67. The number of carbonyl (C=O) groups excluding carboxylic acids is 2. The normalized spacial score (nSPS) is 11.7. The number of hydrogen-bond acceptors (Lipinski definition) is 2. The molecule has 1 N–H and O–H groups in total. The summed E-state index contributed by atoms with van der Waals surface area (Å²) in [7, 11) is 1.59. The van der Waals surface area contributed by atoms with Crippen LogP contribution in [0.3, 0.4) is 0 Å². The molecule has 26 heavy (non-hydrogen) atoms. The van der Waals surface area contributed by atoms with Gasteiger partial charge in [-0.15, -0.1) is 0 Å². The molecule has 0 saturated carbocycles. The SMILES string of the molecule is CNC(=O)[C@H](C)N(CCc1ccccc1)C(=O)CCc1ccccc1Cl. The van der Waals surface area contributed by atoms with Crippen LogP contribution in [0.15, 0.2) is 54.6 Å². The average molecular weight is 373 g/mol. The minimum Gasteiger partial charge on any atom is -0.357 e. The third kappa shape index (κ3) is 5.60. The minimum absolute atomic E-state index is 0.0445. The van der Waals surface area contributed by atoms with Crippen molar-refractivity contribution in [2.24, 2.45) is 0 Å². The predicted octanol–water partition coefficient (Wildman–Crippen LogP) is 3.48. The molecule has 0 bridgehead atoms. The summed E-state index contributed by atoms with van der Waals surface area (Å²) in [4.78, 5) is 26.5. The van der Waals surface area contributed by atoms with Gasteiger partial charge >= 0.3 is 0 Å². The predicted molar refractivity (Wildman–Crippen MR) is 105 cm³/mol. The van der Waals surface area contributed by atoms with Crippen LogP contribution in [0, 0.1) is 0 Å². The molecule has 0 aliphatic heterocycles. The second-order valence-corrected chi connectivity index (χ2v) is 6.61. The van der Waals surface area contributed by atoms with Gasteiger partial charge in [-0.1, -0.05) is 60.1 Å². The summed E-state index contributed by atoms with van der Waals surface area (Å²) < 4.78 is 0. The Hall–Kier alpha value is -2.33. The molecule has 2 aromatic carbocycles. The fourth-order valence-electron chi connectivity index (χ4n) is 2.87. The topological polar surface area (TPSA) is 49.4 Å². The van der Waals surface area contributed by atoms with Gasteiger partial charge in [0.2, 0.25) is 11.8 Å². The van der Waals surface area contributed by atoms with E-state index in [4.69, 9.17) is 11.6 Å². The molecule has 0 heterocycles. The first-order valence-corrected chi connectivity index (χ1v) is 9.19. The molecule has 0 radical (unpaired) electrons. The van der Waals surface area contributed by atoms with E-state index in [0.717, 1.165) is 11.1 Å². The van der Waals surface area contributed by atoms with Crippen molar-refractivity contribution in [2.45, 2.75) is 32.2 Å². The van der Waals surface area contributed by atoms with E-state index in [2.05, 4.69) is 5.32 Å². The average Bonchev–Trinajstić information content (AvgIpc) is 2.67. The number of nitrogens with zero attached hydrogens (tertiary/aromatic N) is 1. The summed E-state index contributed by atoms with van der Waals surface area (Å²) in [5, 5.41) is 3.29. The number of hydrogen-bond donors (Lipinski definition) is 1. The third-order valence-corrected chi connectivity index (χ3v) is 4.83. The Balaban J connectivity index is 2.05. The maximum atomic E-state index is 12.8. The number of rotatable bonds is 8. The minimum atomic E-state index is -0.512. The lowest BCUT2D eigenvalue weighted by molar-refractivity contribution is -0.139. The van der Waals surface area contributed by atoms with Crippen molar-refractivity contribution in [3.05, 3.63) is 70.7 Å². The second kappa shape index (κ2) is 9.97. The van der Waals surface area contributed by atoms with Crippen molar-refractivity contribution >= 4 is 23.4 Å². The van der Waals surface area contributed by atoms with Crippen LogP contribution < -0.4 is 5.32 Å². The molecule has 1 atom stereocenters. The lowest BCUT2D eigenvalue weighted by atomic mass is 10.1. The van der Waals surface area contributed by atoms with E-state index in [1.165, 1.54) is 0 Å². The first-order valence-electron chi connectivity index (χ1n) is 8.81. The van der Waals surface area contributed by atoms with Gasteiger partial charge in [-0.3, -0.25) is 9.59 Å². The van der Waals surface area contributed by atoms with Crippen molar-refractivity contribution in [1.82, 2.24) is 10.2 Å². The zero-order chi connectivity index (χ0) is 18.9. The van der Waals surface area contributed by atoms with Gasteiger partial charge in [-0.25, -0.2) is 0 Å². The molecule has 0 saturated heterocycles. The molecule has 4 nitrogen and oxygen atoms in total. The molecule has 2 aromatic rings. The largest absolute Gasteiger partial charge is 0.357 e. The van der Waals surface area contributed by atoms with Gasteiger partial charge in [0.15, 0.2) is 0 Å². The Morgan fingerprint density at radius 3 is 2.35 bits per heavy atom. The van der Waals surface area contributed by atoms with Crippen LogP contribution in [0.2, 0.25) is 5.02 Å². The summed E-state index contributed by atoms with van der Waals surface area (Å²) in [5.41, 5.74) is 2.08. The lowest BCUT2D eigenvalue weighted by Gasteiger charge is -2.28. The second-order valence-electron chi connectivity index (χ2n) is 6.20. The number of halogens is 1. The fourth-order valence-corrected chi connectivity index (χ4v) is 3.10. The van der Waals surface area contributed by atoms with Gasteiger partial charge in [0.05, 0.1) is 0 Å². The quantitative estimate of drug-likeness (QED) is 0.771. The number of aryl methyl sites for hydroxylation is 1. The van der Waals surface area contributed by atoms with Crippen molar-refractivity contribution in [1.29, 1.82) is 0 Å². The summed E-state index contributed by atoms with van der Waals surface area (Å²) >= 11 is 6.17. The van der Waals surface area contributed by atoms with E-state index in [9.17, 15) is 9.59 Å². The highest BCUT2D eigenvalue weighted by molar-refractivity contribution is 6.31. The first-order chi connectivity index (χ1) is 12.5. The molecular weight excluding hydrogens is 348 g/mol. The summed E-state index contributed by atoms with van der Waals surface area (Å²) in [6.07, 6.45) is 1.58. The van der Waals surface area contributed by atoms with Crippen molar-refractivity contribution in [3.8, 4) is 0 Å². The first kappa shape index (κ1) is 20.0. The molecule has 5 heteroatoms. The van der Waals surface area contributed by atoms with E-state index in [1.807, 2.05) is 54.6 Å². The highest BCUT2D eigenvalue weighted by atomic mass is 35.5. The number of likely N-dealkylation sites (N-methyl/N-ethyl adjacent to an activating group) is 1. The summed E-state index contributed by atoms with van der Waals surface area (Å²) in [6, 6.07) is 17.0. The number of benzene rings is 2. The number of nitrogens with one attached hydrogen (secondary N) is 1. The Labute approximate surface area is 160 Å². The molecule has 2 rings (SSSR count). The molecule has 0 fully saturated rings.